The smallest absolute Gasteiger partial charge is 0.252 e. The fraction of sp³-hybridized carbons (Fsp3) is 0.600. The molecular formula is C15H25N3O2. The molecule has 1 aromatic heterocycles. The summed E-state index contributed by atoms with van der Waals surface area (Å²) in [4.78, 5) is 27.7. The number of nitrogens with one attached hydrogen (secondary N) is 2. The molecule has 0 bridgehead atoms. The Morgan fingerprint density at radius 3 is 2.40 bits per heavy atom. The molecule has 0 fully saturated rings. The lowest BCUT2D eigenvalue weighted by Gasteiger charge is -2.31. The zero-order chi connectivity index (χ0) is 15.1. The Morgan fingerprint density at radius 2 is 1.95 bits per heavy atom. The molecule has 0 aliphatic heterocycles. The maximum Gasteiger partial charge on any atom is 0.252 e. The molecule has 0 spiro atoms. The highest BCUT2D eigenvalue weighted by atomic mass is 16.1. The molecule has 5 nitrogen and oxygen atoms in total. The van der Waals surface area contributed by atoms with Crippen molar-refractivity contribution in [3.63, 3.8) is 0 Å². The van der Waals surface area contributed by atoms with Gasteiger partial charge in [0.2, 0.25) is 5.56 Å². The van der Waals surface area contributed by atoms with Crippen molar-refractivity contribution in [2.75, 3.05) is 20.6 Å². The largest absolute Gasteiger partial charge is 0.350 e. The minimum Gasteiger partial charge on any atom is -0.350 e. The normalized spacial score (nSPS) is 12.7. The molecule has 1 aromatic rings. The first kappa shape index (κ1) is 16.4. The maximum absolute atomic E-state index is 12.0. The summed E-state index contributed by atoms with van der Waals surface area (Å²) in [7, 11) is 4.07. The van der Waals surface area contributed by atoms with Crippen molar-refractivity contribution in [2.45, 2.75) is 32.7 Å². The monoisotopic (exact) mass is 279 g/mol. The molecule has 0 saturated heterocycles. The first-order valence-electron chi connectivity index (χ1n) is 7.12. The van der Waals surface area contributed by atoms with Gasteiger partial charge in [0, 0.05) is 24.8 Å². The van der Waals surface area contributed by atoms with E-state index in [1.54, 1.807) is 0 Å². The van der Waals surface area contributed by atoms with Gasteiger partial charge in [-0.15, -0.1) is 0 Å². The quantitative estimate of drug-likeness (QED) is 0.794. The van der Waals surface area contributed by atoms with Gasteiger partial charge in [-0.25, -0.2) is 0 Å². The van der Waals surface area contributed by atoms with Gasteiger partial charge in [0.25, 0.3) is 5.91 Å². The van der Waals surface area contributed by atoms with E-state index >= 15 is 0 Å². The summed E-state index contributed by atoms with van der Waals surface area (Å²) >= 11 is 0. The fourth-order valence-corrected chi connectivity index (χ4v) is 2.45. The standard InChI is InChI=1S/C15H25N3O2/c1-5-11(6-2)13(18(3)4)10-17-15(20)12-7-8-14(19)16-9-12/h7-9,11,13H,5-6,10H2,1-4H3,(H,16,19)(H,17,20)/t13-/m1/s1. The SMILES string of the molecule is CCC(CC)[C@@H](CNC(=O)c1ccc(=O)[nH]c1)N(C)C. The van der Waals surface area contributed by atoms with Gasteiger partial charge in [0.15, 0.2) is 0 Å². The average molecular weight is 279 g/mol. The number of nitrogens with zero attached hydrogens (tertiary/aromatic N) is 1. The molecule has 112 valence electrons. The van der Waals surface area contributed by atoms with Crippen molar-refractivity contribution in [1.82, 2.24) is 15.2 Å². The third kappa shape index (κ3) is 4.49. The Morgan fingerprint density at radius 1 is 1.30 bits per heavy atom. The minimum absolute atomic E-state index is 0.154. The Bertz CT molecular complexity index is 458. The van der Waals surface area contributed by atoms with Crippen molar-refractivity contribution >= 4 is 5.91 Å². The second-order valence-electron chi connectivity index (χ2n) is 5.26. The van der Waals surface area contributed by atoms with E-state index in [0.29, 0.717) is 24.1 Å². The number of carbonyl (C=O) groups is 1. The van der Waals surface area contributed by atoms with Crippen molar-refractivity contribution in [1.29, 1.82) is 0 Å². The minimum atomic E-state index is -0.204. The van der Waals surface area contributed by atoms with E-state index in [-0.39, 0.29) is 11.5 Å². The topological polar surface area (TPSA) is 65.2 Å². The van der Waals surface area contributed by atoms with E-state index < -0.39 is 0 Å². The molecule has 0 radical (unpaired) electrons. The molecule has 2 N–H and O–H groups in total. The highest BCUT2D eigenvalue weighted by Gasteiger charge is 2.21. The predicted molar refractivity (Wildman–Crippen MR) is 80.9 cm³/mol. The van der Waals surface area contributed by atoms with Crippen LogP contribution in [0.5, 0.6) is 0 Å². The number of likely N-dealkylation sites (N-methyl/N-ethyl adjacent to an activating group) is 1. The lowest BCUT2D eigenvalue weighted by Crippen LogP contribution is -2.44. The first-order chi connectivity index (χ1) is 9.49. The van der Waals surface area contributed by atoms with Crippen LogP contribution in [0.4, 0.5) is 0 Å². The van der Waals surface area contributed by atoms with Crippen molar-refractivity contribution in [2.24, 2.45) is 5.92 Å². The highest BCUT2D eigenvalue weighted by molar-refractivity contribution is 5.93. The number of amides is 1. The summed E-state index contributed by atoms with van der Waals surface area (Å²) in [6.07, 6.45) is 3.63. The van der Waals surface area contributed by atoms with Crippen LogP contribution in [0.3, 0.4) is 0 Å². The van der Waals surface area contributed by atoms with Gasteiger partial charge in [-0.3, -0.25) is 9.59 Å². The maximum atomic E-state index is 12.0. The van der Waals surface area contributed by atoms with E-state index in [9.17, 15) is 9.59 Å². The summed E-state index contributed by atoms with van der Waals surface area (Å²) < 4.78 is 0. The molecule has 0 unspecified atom stereocenters. The van der Waals surface area contributed by atoms with Crippen molar-refractivity contribution in [3.05, 3.63) is 34.2 Å². The Labute approximate surface area is 120 Å². The van der Waals surface area contributed by atoms with Crippen LogP contribution < -0.4 is 10.9 Å². The Kier molecular flexibility index (Phi) is 6.45. The molecule has 20 heavy (non-hydrogen) atoms. The molecule has 1 heterocycles. The molecule has 0 saturated carbocycles. The van der Waals surface area contributed by atoms with Crippen LogP contribution in [0.15, 0.2) is 23.1 Å². The number of carbonyl (C=O) groups excluding carboxylic acids is 1. The summed E-state index contributed by atoms with van der Waals surface area (Å²) in [5, 5.41) is 2.95. The van der Waals surface area contributed by atoms with Gasteiger partial charge in [0.05, 0.1) is 5.56 Å². The number of hydrogen-bond acceptors (Lipinski definition) is 3. The average Bonchev–Trinajstić information content (AvgIpc) is 2.43. The van der Waals surface area contributed by atoms with Gasteiger partial charge < -0.3 is 15.2 Å². The van der Waals surface area contributed by atoms with E-state index in [1.165, 1.54) is 18.3 Å². The van der Waals surface area contributed by atoms with Crippen LogP contribution in [0, 0.1) is 5.92 Å². The number of rotatable bonds is 7. The highest BCUT2D eigenvalue weighted by Crippen LogP contribution is 2.16. The predicted octanol–water partition coefficient (Wildman–Crippen LogP) is 1.47. The zero-order valence-electron chi connectivity index (χ0n) is 12.8. The molecule has 1 amide bonds. The van der Waals surface area contributed by atoms with Gasteiger partial charge in [-0.05, 0) is 26.1 Å². The molecule has 0 aromatic carbocycles. The van der Waals surface area contributed by atoms with E-state index in [1.807, 2.05) is 14.1 Å². The first-order valence-corrected chi connectivity index (χ1v) is 7.12. The molecule has 0 aliphatic carbocycles. The fourth-order valence-electron chi connectivity index (χ4n) is 2.45. The summed E-state index contributed by atoms with van der Waals surface area (Å²) in [6.45, 7) is 4.96. The Balaban J connectivity index is 2.65. The number of aromatic amines is 1. The summed E-state index contributed by atoms with van der Waals surface area (Å²) in [5.41, 5.74) is 0.274. The molecule has 0 aliphatic rings. The second kappa shape index (κ2) is 7.85. The van der Waals surface area contributed by atoms with Crippen LogP contribution >= 0.6 is 0 Å². The summed E-state index contributed by atoms with van der Waals surface area (Å²) in [5.74, 6) is 0.403. The molecule has 1 rings (SSSR count). The van der Waals surface area contributed by atoms with E-state index in [2.05, 4.69) is 29.0 Å². The number of H-pyrrole nitrogens is 1. The third-order valence-electron chi connectivity index (χ3n) is 3.77. The van der Waals surface area contributed by atoms with E-state index in [4.69, 9.17) is 0 Å². The molecule has 5 heteroatoms. The lowest BCUT2D eigenvalue weighted by molar-refractivity contribution is 0.0928. The van der Waals surface area contributed by atoms with Gasteiger partial charge in [0.1, 0.15) is 0 Å². The van der Waals surface area contributed by atoms with E-state index in [0.717, 1.165) is 12.8 Å². The van der Waals surface area contributed by atoms with Gasteiger partial charge in [-0.2, -0.15) is 0 Å². The van der Waals surface area contributed by atoms with Crippen LogP contribution in [0.1, 0.15) is 37.0 Å². The molecular weight excluding hydrogens is 254 g/mol. The van der Waals surface area contributed by atoms with Crippen LogP contribution in [0.25, 0.3) is 0 Å². The Hall–Kier alpha value is -1.62. The van der Waals surface area contributed by atoms with Crippen LogP contribution in [-0.4, -0.2) is 42.5 Å². The zero-order valence-corrected chi connectivity index (χ0v) is 12.8. The third-order valence-corrected chi connectivity index (χ3v) is 3.77. The van der Waals surface area contributed by atoms with Crippen LogP contribution in [-0.2, 0) is 0 Å². The lowest BCUT2D eigenvalue weighted by atomic mass is 9.93. The van der Waals surface area contributed by atoms with Crippen molar-refractivity contribution in [3.8, 4) is 0 Å². The number of aromatic nitrogens is 1. The molecule has 1 atom stereocenters. The number of pyridine rings is 1. The number of hydrogen-bond donors (Lipinski definition) is 2. The van der Waals surface area contributed by atoms with Crippen LogP contribution in [0.2, 0.25) is 0 Å². The van der Waals surface area contributed by atoms with Gasteiger partial charge in [-0.1, -0.05) is 26.7 Å². The van der Waals surface area contributed by atoms with Crippen molar-refractivity contribution < 1.29 is 4.79 Å². The van der Waals surface area contributed by atoms with Gasteiger partial charge >= 0.3 is 0 Å². The second-order valence-corrected chi connectivity index (χ2v) is 5.26. The summed E-state index contributed by atoms with van der Waals surface area (Å²) in [6, 6.07) is 3.21.